The Hall–Kier alpha value is -3.24. The van der Waals surface area contributed by atoms with Crippen LogP contribution in [-0.4, -0.2) is 80.5 Å². The van der Waals surface area contributed by atoms with Crippen LogP contribution in [0.1, 0.15) is 64.9 Å². The number of aromatic nitrogens is 2. The highest BCUT2D eigenvalue weighted by atomic mass is 16.2. The lowest BCUT2D eigenvalue weighted by Gasteiger charge is -2.37. The van der Waals surface area contributed by atoms with Crippen LogP contribution in [-0.2, 0) is 11.3 Å². The summed E-state index contributed by atoms with van der Waals surface area (Å²) in [6.07, 6.45) is 9.33. The number of carbonyl (C=O) groups is 2. The number of amides is 3. The van der Waals surface area contributed by atoms with Gasteiger partial charge in [-0.15, -0.1) is 0 Å². The predicted octanol–water partition coefficient (Wildman–Crippen LogP) is 3.19. The van der Waals surface area contributed by atoms with Gasteiger partial charge in [-0.3, -0.25) is 19.6 Å². The second-order valence-corrected chi connectivity index (χ2v) is 11.3. The van der Waals surface area contributed by atoms with Gasteiger partial charge in [0.1, 0.15) is 5.82 Å². The second kappa shape index (κ2) is 12.7. The molecule has 1 aliphatic carbocycles. The molecule has 2 fully saturated rings. The highest BCUT2D eigenvalue weighted by Gasteiger charge is 2.31. The molecule has 0 bridgehead atoms. The van der Waals surface area contributed by atoms with E-state index in [0.717, 1.165) is 25.2 Å². The molecule has 39 heavy (non-hydrogen) atoms. The summed E-state index contributed by atoms with van der Waals surface area (Å²) in [5.74, 6) is 0.0607. The largest absolute Gasteiger partial charge is 0.354 e. The maximum atomic E-state index is 12.8. The standard InChI is InChI=1S/C29H43N7O3/c1-4-15-35(23-8-6-5-7-9-23)21-22-10-12-24(13-11-22)36-16-14-25(32-28(36)39)31-27(38)34-19-17-33(18-20-34)26(37)29(2,3)30/h10-14,16,23H,4-9,15,17-21,30H2,1-3H3,(H,31,32,38,39). The third-order valence-electron chi connectivity index (χ3n) is 7.65. The molecule has 1 saturated carbocycles. The molecule has 3 N–H and O–H groups in total. The van der Waals surface area contributed by atoms with E-state index in [2.05, 4.69) is 34.3 Å². The molecule has 1 aromatic heterocycles. The molecule has 10 nitrogen and oxygen atoms in total. The molecule has 0 unspecified atom stereocenters. The lowest BCUT2D eigenvalue weighted by Crippen LogP contribution is -2.58. The normalized spacial score (nSPS) is 16.9. The van der Waals surface area contributed by atoms with Crippen molar-refractivity contribution in [3.8, 4) is 5.69 Å². The van der Waals surface area contributed by atoms with E-state index in [0.29, 0.717) is 32.2 Å². The molecule has 0 spiro atoms. The Balaban J connectivity index is 1.34. The number of benzene rings is 1. The van der Waals surface area contributed by atoms with Gasteiger partial charge in [0.2, 0.25) is 5.91 Å². The number of hydrogen-bond acceptors (Lipinski definition) is 6. The number of hydrogen-bond donors (Lipinski definition) is 2. The first-order valence-corrected chi connectivity index (χ1v) is 14.2. The molecule has 212 valence electrons. The molecule has 0 atom stereocenters. The molecule has 1 saturated heterocycles. The fourth-order valence-corrected chi connectivity index (χ4v) is 5.50. The van der Waals surface area contributed by atoms with Gasteiger partial charge in [0, 0.05) is 45.0 Å². The van der Waals surface area contributed by atoms with Crippen molar-refractivity contribution >= 4 is 17.8 Å². The van der Waals surface area contributed by atoms with Crippen LogP contribution in [0.4, 0.5) is 10.6 Å². The molecule has 0 radical (unpaired) electrons. The number of piperazine rings is 1. The number of carbonyl (C=O) groups excluding carboxylic acids is 2. The highest BCUT2D eigenvalue weighted by molar-refractivity contribution is 5.89. The van der Waals surface area contributed by atoms with Gasteiger partial charge in [-0.05, 0) is 63.4 Å². The minimum Gasteiger partial charge on any atom is -0.338 e. The zero-order chi connectivity index (χ0) is 28.0. The van der Waals surface area contributed by atoms with E-state index in [1.807, 2.05) is 12.1 Å². The summed E-state index contributed by atoms with van der Waals surface area (Å²) in [7, 11) is 0. The molecule has 1 aliphatic heterocycles. The second-order valence-electron chi connectivity index (χ2n) is 11.3. The molecule has 2 aromatic rings. The van der Waals surface area contributed by atoms with Gasteiger partial charge in [0.05, 0.1) is 11.2 Å². The third-order valence-corrected chi connectivity index (χ3v) is 7.65. The van der Waals surface area contributed by atoms with E-state index in [-0.39, 0.29) is 17.8 Å². The lowest BCUT2D eigenvalue weighted by molar-refractivity contribution is -0.137. The Morgan fingerprint density at radius 2 is 1.67 bits per heavy atom. The Labute approximate surface area is 231 Å². The van der Waals surface area contributed by atoms with Gasteiger partial charge in [-0.25, -0.2) is 9.59 Å². The van der Waals surface area contributed by atoms with Crippen molar-refractivity contribution in [2.45, 2.75) is 77.4 Å². The van der Waals surface area contributed by atoms with Crippen molar-refractivity contribution in [3.05, 3.63) is 52.6 Å². The minimum absolute atomic E-state index is 0.136. The SMILES string of the molecule is CCCN(Cc1ccc(-n2ccc(NC(=O)N3CCN(C(=O)C(C)(C)N)CC3)nc2=O)cc1)C1CCCCC1. The Morgan fingerprint density at radius 1 is 1.03 bits per heavy atom. The van der Waals surface area contributed by atoms with Crippen molar-refractivity contribution in [2.75, 3.05) is 38.0 Å². The molecule has 4 rings (SSSR count). The van der Waals surface area contributed by atoms with E-state index in [1.165, 1.54) is 42.2 Å². The van der Waals surface area contributed by atoms with Crippen LogP contribution in [0.3, 0.4) is 0 Å². The molecular formula is C29H43N7O3. The lowest BCUT2D eigenvalue weighted by atomic mass is 9.93. The fraction of sp³-hybridized carbons (Fsp3) is 0.586. The van der Waals surface area contributed by atoms with E-state index >= 15 is 0 Å². The number of anilines is 1. The zero-order valence-corrected chi connectivity index (χ0v) is 23.6. The van der Waals surface area contributed by atoms with Crippen LogP contribution in [0.2, 0.25) is 0 Å². The van der Waals surface area contributed by atoms with E-state index < -0.39 is 11.2 Å². The van der Waals surface area contributed by atoms with Gasteiger partial charge in [0.25, 0.3) is 0 Å². The van der Waals surface area contributed by atoms with Crippen molar-refractivity contribution in [1.82, 2.24) is 24.3 Å². The summed E-state index contributed by atoms with van der Waals surface area (Å²) in [6.45, 7) is 9.19. The summed E-state index contributed by atoms with van der Waals surface area (Å²) in [5, 5.41) is 2.71. The maximum Gasteiger partial charge on any atom is 0.354 e. The number of nitrogens with zero attached hydrogens (tertiary/aromatic N) is 5. The topological polar surface area (TPSA) is 117 Å². The highest BCUT2D eigenvalue weighted by Crippen LogP contribution is 2.24. The first-order valence-electron chi connectivity index (χ1n) is 14.2. The van der Waals surface area contributed by atoms with E-state index in [4.69, 9.17) is 5.73 Å². The average molecular weight is 538 g/mol. The maximum absolute atomic E-state index is 12.8. The monoisotopic (exact) mass is 537 g/mol. The number of nitrogens with two attached hydrogens (primary N) is 1. The van der Waals surface area contributed by atoms with Crippen LogP contribution in [0.5, 0.6) is 0 Å². The van der Waals surface area contributed by atoms with Crippen molar-refractivity contribution in [2.24, 2.45) is 5.73 Å². The van der Waals surface area contributed by atoms with Crippen LogP contribution >= 0.6 is 0 Å². The molecule has 2 heterocycles. The van der Waals surface area contributed by atoms with Gasteiger partial charge >= 0.3 is 11.7 Å². The minimum atomic E-state index is -0.942. The Bertz CT molecular complexity index is 1170. The van der Waals surface area contributed by atoms with Crippen LogP contribution < -0.4 is 16.7 Å². The van der Waals surface area contributed by atoms with Gasteiger partial charge in [-0.1, -0.05) is 38.3 Å². The molecule has 1 aromatic carbocycles. The van der Waals surface area contributed by atoms with Crippen LogP contribution in [0, 0.1) is 0 Å². The Morgan fingerprint density at radius 3 is 2.26 bits per heavy atom. The summed E-state index contributed by atoms with van der Waals surface area (Å²) < 4.78 is 1.48. The third kappa shape index (κ3) is 7.45. The Kier molecular flexibility index (Phi) is 9.40. The smallest absolute Gasteiger partial charge is 0.338 e. The van der Waals surface area contributed by atoms with E-state index in [1.54, 1.807) is 35.9 Å². The van der Waals surface area contributed by atoms with Gasteiger partial charge in [0.15, 0.2) is 0 Å². The number of urea groups is 1. The van der Waals surface area contributed by atoms with Crippen molar-refractivity contribution < 1.29 is 9.59 Å². The molecule has 3 amide bonds. The number of nitrogens with one attached hydrogen (secondary N) is 1. The fourth-order valence-electron chi connectivity index (χ4n) is 5.50. The van der Waals surface area contributed by atoms with Crippen LogP contribution in [0.15, 0.2) is 41.3 Å². The summed E-state index contributed by atoms with van der Waals surface area (Å²) in [4.78, 5) is 47.8. The average Bonchev–Trinajstić information content (AvgIpc) is 2.93. The van der Waals surface area contributed by atoms with Gasteiger partial charge < -0.3 is 15.5 Å². The first kappa shape index (κ1) is 28.8. The number of rotatable bonds is 8. The summed E-state index contributed by atoms with van der Waals surface area (Å²) in [5.41, 5.74) is 6.48. The van der Waals surface area contributed by atoms with Crippen molar-refractivity contribution in [3.63, 3.8) is 0 Å². The summed E-state index contributed by atoms with van der Waals surface area (Å²) >= 11 is 0. The quantitative estimate of drug-likeness (QED) is 0.534. The van der Waals surface area contributed by atoms with Crippen molar-refractivity contribution in [1.29, 1.82) is 0 Å². The zero-order valence-electron chi connectivity index (χ0n) is 23.6. The first-order chi connectivity index (χ1) is 18.7. The van der Waals surface area contributed by atoms with Crippen LogP contribution in [0.25, 0.3) is 5.69 Å². The predicted molar refractivity (Wildman–Crippen MR) is 153 cm³/mol. The van der Waals surface area contributed by atoms with Gasteiger partial charge in [-0.2, -0.15) is 4.98 Å². The molecular weight excluding hydrogens is 494 g/mol. The molecule has 2 aliphatic rings. The van der Waals surface area contributed by atoms with E-state index in [9.17, 15) is 14.4 Å². The summed E-state index contributed by atoms with van der Waals surface area (Å²) in [6, 6.07) is 10.00. The molecule has 10 heteroatoms.